The number of anilines is 2. The van der Waals surface area contributed by atoms with Gasteiger partial charge in [0.2, 0.25) is 5.91 Å². The van der Waals surface area contributed by atoms with Crippen LogP contribution in [-0.4, -0.2) is 37.6 Å². The topological polar surface area (TPSA) is 79.5 Å². The van der Waals surface area contributed by atoms with E-state index in [1.165, 1.54) is 6.92 Å². The Morgan fingerprint density at radius 2 is 2.10 bits per heavy atom. The predicted octanol–water partition coefficient (Wildman–Crippen LogP) is 1.76. The Morgan fingerprint density at radius 1 is 1.33 bits per heavy atom. The lowest BCUT2D eigenvalue weighted by atomic mass is 10.2. The zero-order valence-electron chi connectivity index (χ0n) is 11.4. The molecule has 1 fully saturated rings. The van der Waals surface area contributed by atoms with Crippen molar-refractivity contribution in [2.75, 3.05) is 30.3 Å². The Morgan fingerprint density at radius 3 is 2.71 bits per heavy atom. The highest BCUT2D eigenvalue weighted by atomic mass is 79.9. The molecule has 0 spiro atoms. The number of benzene rings is 1. The fourth-order valence-corrected chi connectivity index (χ4v) is 2.23. The highest BCUT2D eigenvalue weighted by molar-refractivity contribution is 9.10. The lowest BCUT2D eigenvalue weighted by Gasteiger charge is -2.23. The van der Waals surface area contributed by atoms with E-state index in [0.717, 1.165) is 11.0 Å². The fraction of sp³-hybridized carbons (Fsp3) is 0.385. The fourth-order valence-electron chi connectivity index (χ4n) is 1.87. The molecule has 0 aliphatic carbocycles. The van der Waals surface area contributed by atoms with Crippen LogP contribution in [0.5, 0.6) is 0 Å². The molecule has 0 aromatic heterocycles. The largest absolute Gasteiger partial charge is 0.366 e. The quantitative estimate of drug-likeness (QED) is 0.749. The molecular weight excluding hydrogens is 362 g/mol. The minimum atomic E-state index is -0.520. The summed E-state index contributed by atoms with van der Waals surface area (Å²) < 4.78 is 6.20. The summed E-state index contributed by atoms with van der Waals surface area (Å²) in [6.07, 6.45) is -0.520. The monoisotopic (exact) mass is 377 g/mol. The van der Waals surface area contributed by atoms with Gasteiger partial charge in [0.25, 0.3) is 5.91 Å². The predicted molar refractivity (Wildman–Crippen MR) is 86.9 cm³/mol. The lowest BCUT2D eigenvalue weighted by molar-refractivity contribution is -0.128. The summed E-state index contributed by atoms with van der Waals surface area (Å²) in [6.45, 7) is 3.16. The molecule has 1 aromatic rings. The first-order chi connectivity index (χ1) is 9.56. The smallest absolute Gasteiger partial charge is 0.254 e. The van der Waals surface area contributed by atoms with Gasteiger partial charge in [-0.05, 0) is 18.2 Å². The minimum absolute atomic E-state index is 0. The molecule has 0 radical (unpaired) electrons. The molecule has 1 heterocycles. The summed E-state index contributed by atoms with van der Waals surface area (Å²) in [7, 11) is 0. The Kier molecular flexibility index (Phi) is 7.10. The summed E-state index contributed by atoms with van der Waals surface area (Å²) in [6, 6.07) is 5.25. The molecule has 1 aliphatic rings. The first-order valence-electron chi connectivity index (χ1n) is 6.26. The number of carbonyl (C=O) groups is 2. The van der Waals surface area contributed by atoms with E-state index in [9.17, 15) is 9.59 Å². The van der Waals surface area contributed by atoms with Gasteiger partial charge in [-0.25, -0.2) is 0 Å². The number of nitrogens with one attached hydrogen (secondary N) is 3. The van der Waals surface area contributed by atoms with Gasteiger partial charge in [-0.2, -0.15) is 0 Å². The van der Waals surface area contributed by atoms with E-state index in [2.05, 4.69) is 31.9 Å². The molecule has 2 amide bonds. The first kappa shape index (κ1) is 17.9. The maximum Gasteiger partial charge on any atom is 0.254 e. The second-order valence-corrected chi connectivity index (χ2v) is 5.34. The number of morpholine rings is 1. The summed E-state index contributed by atoms with van der Waals surface area (Å²) in [5, 5.41) is 8.55. The van der Waals surface area contributed by atoms with Crippen LogP contribution in [0.25, 0.3) is 0 Å². The van der Waals surface area contributed by atoms with Gasteiger partial charge in [0.15, 0.2) is 0 Å². The molecule has 2 rings (SSSR count). The van der Waals surface area contributed by atoms with Crippen molar-refractivity contribution < 1.29 is 14.3 Å². The van der Waals surface area contributed by atoms with Crippen molar-refractivity contribution in [2.45, 2.75) is 13.0 Å². The molecule has 1 unspecified atom stereocenters. The van der Waals surface area contributed by atoms with Crippen LogP contribution < -0.4 is 16.0 Å². The van der Waals surface area contributed by atoms with Crippen LogP contribution in [-0.2, 0) is 14.3 Å². The van der Waals surface area contributed by atoms with Crippen LogP contribution in [0.3, 0.4) is 0 Å². The van der Waals surface area contributed by atoms with E-state index in [0.29, 0.717) is 24.5 Å². The summed E-state index contributed by atoms with van der Waals surface area (Å²) in [5.41, 5.74) is 1.09. The van der Waals surface area contributed by atoms with Crippen molar-refractivity contribution in [1.82, 2.24) is 5.32 Å². The molecule has 1 aliphatic heterocycles. The standard InChI is InChI=1S/C13H16BrN3O3.ClH/c1-8(18)16-10-3-2-9(14)6-11(10)17-13(19)12-7-15-4-5-20-12;/h2-3,6,12,15H,4-5,7H2,1H3,(H,16,18)(H,17,19);1H. The van der Waals surface area contributed by atoms with E-state index in [-0.39, 0.29) is 24.2 Å². The van der Waals surface area contributed by atoms with Gasteiger partial charge in [-0.3, -0.25) is 9.59 Å². The second kappa shape index (κ2) is 8.33. The number of carbonyl (C=O) groups excluding carboxylic acids is 2. The zero-order valence-corrected chi connectivity index (χ0v) is 13.8. The molecular formula is C13H17BrClN3O3. The molecule has 1 atom stereocenters. The van der Waals surface area contributed by atoms with E-state index >= 15 is 0 Å². The van der Waals surface area contributed by atoms with Gasteiger partial charge < -0.3 is 20.7 Å². The number of hydrogen-bond donors (Lipinski definition) is 3. The third-order valence-corrected chi connectivity index (χ3v) is 3.26. The molecule has 21 heavy (non-hydrogen) atoms. The van der Waals surface area contributed by atoms with Crippen molar-refractivity contribution in [3.05, 3.63) is 22.7 Å². The van der Waals surface area contributed by atoms with E-state index in [1.54, 1.807) is 18.2 Å². The molecule has 1 saturated heterocycles. The van der Waals surface area contributed by atoms with Crippen LogP contribution in [0.2, 0.25) is 0 Å². The van der Waals surface area contributed by atoms with Gasteiger partial charge >= 0.3 is 0 Å². The number of amides is 2. The molecule has 0 saturated carbocycles. The molecule has 1 aromatic carbocycles. The number of halogens is 2. The number of rotatable bonds is 3. The molecule has 8 heteroatoms. The van der Waals surface area contributed by atoms with Gasteiger partial charge in [0.05, 0.1) is 18.0 Å². The Hall–Kier alpha value is -1.15. The Labute approximate surface area is 137 Å². The van der Waals surface area contributed by atoms with Crippen molar-refractivity contribution >= 4 is 51.5 Å². The van der Waals surface area contributed by atoms with Gasteiger partial charge in [-0.15, -0.1) is 12.4 Å². The molecule has 3 N–H and O–H groups in total. The third-order valence-electron chi connectivity index (χ3n) is 2.77. The van der Waals surface area contributed by atoms with Crippen molar-refractivity contribution in [1.29, 1.82) is 0 Å². The minimum Gasteiger partial charge on any atom is -0.366 e. The summed E-state index contributed by atoms with van der Waals surface area (Å²) >= 11 is 3.34. The highest BCUT2D eigenvalue weighted by Crippen LogP contribution is 2.26. The van der Waals surface area contributed by atoms with Crippen molar-refractivity contribution in [3.8, 4) is 0 Å². The van der Waals surface area contributed by atoms with Crippen LogP contribution in [0.1, 0.15) is 6.92 Å². The summed E-state index contributed by atoms with van der Waals surface area (Å²) in [4.78, 5) is 23.3. The zero-order chi connectivity index (χ0) is 14.5. The lowest BCUT2D eigenvalue weighted by Crippen LogP contribution is -2.45. The van der Waals surface area contributed by atoms with Crippen LogP contribution >= 0.6 is 28.3 Å². The highest BCUT2D eigenvalue weighted by Gasteiger charge is 2.22. The third kappa shape index (κ3) is 5.28. The van der Waals surface area contributed by atoms with Crippen molar-refractivity contribution in [2.24, 2.45) is 0 Å². The van der Waals surface area contributed by atoms with Crippen LogP contribution in [0, 0.1) is 0 Å². The van der Waals surface area contributed by atoms with Crippen LogP contribution in [0.4, 0.5) is 11.4 Å². The Bertz CT molecular complexity index is 521. The normalized spacial score (nSPS) is 17.5. The second-order valence-electron chi connectivity index (χ2n) is 4.42. The van der Waals surface area contributed by atoms with Crippen molar-refractivity contribution in [3.63, 3.8) is 0 Å². The van der Waals surface area contributed by atoms with E-state index < -0.39 is 6.10 Å². The summed E-state index contributed by atoms with van der Waals surface area (Å²) in [5.74, 6) is -0.430. The molecule has 6 nitrogen and oxygen atoms in total. The molecule has 0 bridgehead atoms. The first-order valence-corrected chi connectivity index (χ1v) is 7.06. The average molecular weight is 379 g/mol. The van der Waals surface area contributed by atoms with E-state index in [4.69, 9.17) is 4.74 Å². The Balaban J connectivity index is 0.00000220. The van der Waals surface area contributed by atoms with Gasteiger partial charge in [0.1, 0.15) is 6.10 Å². The maximum atomic E-state index is 12.1. The SMILES string of the molecule is CC(=O)Nc1ccc(Br)cc1NC(=O)C1CNCCO1.Cl. The maximum absolute atomic E-state index is 12.1. The molecule has 116 valence electrons. The number of hydrogen-bond acceptors (Lipinski definition) is 4. The van der Waals surface area contributed by atoms with E-state index in [1.807, 2.05) is 0 Å². The number of ether oxygens (including phenoxy) is 1. The average Bonchev–Trinajstić information content (AvgIpc) is 2.42. The van der Waals surface area contributed by atoms with Gasteiger partial charge in [0, 0.05) is 24.5 Å². The van der Waals surface area contributed by atoms with Crippen LogP contribution in [0.15, 0.2) is 22.7 Å². The van der Waals surface area contributed by atoms with Gasteiger partial charge in [-0.1, -0.05) is 15.9 Å².